The first-order valence-electron chi connectivity index (χ1n) is 13.6. The van der Waals surface area contributed by atoms with Crippen LogP contribution < -0.4 is 15.5 Å². The number of amides is 1. The Morgan fingerprint density at radius 1 is 0.800 bits per heavy atom. The van der Waals surface area contributed by atoms with Gasteiger partial charge in [-0.1, -0.05) is 0 Å². The maximum absolute atomic E-state index is 13.3. The van der Waals surface area contributed by atoms with Crippen molar-refractivity contribution in [2.45, 2.75) is 18.6 Å². The number of rotatable bonds is 8. The Balaban J connectivity index is 1.51. The SMILES string of the molecule is COC(=O)C[C@H]1/C(=[CH]/[Sn]([c]2ccccc2)([c]2ccccc2)[c]2ccccc2)CN2C(=O)[C@H](Oc3ccccc3)[C@H]12. The quantitative estimate of drug-likeness (QED) is 0.169. The van der Waals surface area contributed by atoms with Gasteiger partial charge in [0, 0.05) is 0 Å². The summed E-state index contributed by atoms with van der Waals surface area (Å²) in [7, 11) is 1.42. The molecule has 1 amide bonds. The molecule has 2 fully saturated rings. The van der Waals surface area contributed by atoms with E-state index in [1.807, 2.05) is 35.2 Å². The first-order valence-corrected chi connectivity index (χ1v) is 19.5. The standard InChI is InChI=1S/C16H16NO4.3C6H5.Sn/c1-10-9-17-14(12(10)8-13(18)20-2)15(16(17)19)21-11-6-4-3-5-7-11;3*1-2-4-6-5-3-1;/h1,3-7,12,14-15H,8-9H2,2H3;3*1-5H;/t12-,14-,15+;;;;/m0..../s1. The first kappa shape index (κ1) is 26.4. The number of fused-ring (bicyclic) bond motifs is 1. The van der Waals surface area contributed by atoms with Crippen LogP contribution in [0, 0.1) is 5.92 Å². The fourth-order valence-corrected chi connectivity index (χ4v) is 19.1. The number of para-hydroxylation sites is 1. The van der Waals surface area contributed by atoms with Gasteiger partial charge in [0.25, 0.3) is 0 Å². The molecule has 0 aliphatic carbocycles. The molecule has 0 N–H and O–H groups in total. The summed E-state index contributed by atoms with van der Waals surface area (Å²) in [6.07, 6.45) is -0.427. The van der Waals surface area contributed by atoms with Gasteiger partial charge in [0.15, 0.2) is 0 Å². The van der Waals surface area contributed by atoms with Crippen molar-refractivity contribution >= 4 is 41.0 Å². The molecule has 0 unspecified atom stereocenters. The molecule has 40 heavy (non-hydrogen) atoms. The number of nitrogens with zero attached hydrogens (tertiary/aromatic N) is 1. The van der Waals surface area contributed by atoms with E-state index in [0.717, 1.165) is 5.57 Å². The molecule has 0 spiro atoms. The zero-order valence-corrected chi connectivity index (χ0v) is 25.2. The summed E-state index contributed by atoms with van der Waals surface area (Å²) in [4.78, 5) is 28.0. The van der Waals surface area contributed by atoms with Crippen molar-refractivity contribution in [2.24, 2.45) is 5.92 Å². The Kier molecular flexibility index (Phi) is 7.48. The molecule has 4 aromatic carbocycles. The normalized spacial score (nSPS) is 21.0. The van der Waals surface area contributed by atoms with Crippen LogP contribution in [0.15, 0.2) is 131 Å². The summed E-state index contributed by atoms with van der Waals surface area (Å²) in [5.41, 5.74) is 1.12. The number of hydrogen-bond donors (Lipinski definition) is 0. The molecule has 4 aromatic rings. The molecule has 5 nitrogen and oxygen atoms in total. The Morgan fingerprint density at radius 2 is 1.27 bits per heavy atom. The van der Waals surface area contributed by atoms with Gasteiger partial charge in [-0.15, -0.1) is 0 Å². The summed E-state index contributed by atoms with van der Waals surface area (Å²) in [5, 5.41) is 0. The Bertz CT molecular complexity index is 1410. The van der Waals surface area contributed by atoms with E-state index in [-0.39, 0.29) is 30.3 Å². The average molecular weight is 636 g/mol. The molecule has 2 aliphatic rings. The van der Waals surface area contributed by atoms with Crippen molar-refractivity contribution in [3.8, 4) is 5.75 Å². The zero-order valence-electron chi connectivity index (χ0n) is 22.4. The fourth-order valence-electron chi connectivity index (χ4n) is 6.25. The Morgan fingerprint density at radius 3 is 1.75 bits per heavy atom. The van der Waals surface area contributed by atoms with Crippen LogP contribution in [0.4, 0.5) is 0 Å². The van der Waals surface area contributed by atoms with E-state index in [2.05, 4.69) is 95.1 Å². The molecule has 3 atom stereocenters. The second kappa shape index (κ2) is 11.3. The monoisotopic (exact) mass is 637 g/mol. The second-order valence-corrected chi connectivity index (χ2v) is 20.7. The molecule has 0 radical (unpaired) electrons. The van der Waals surface area contributed by atoms with Gasteiger partial charge in [0.1, 0.15) is 0 Å². The van der Waals surface area contributed by atoms with Crippen molar-refractivity contribution < 1.29 is 19.1 Å². The number of hydrogen-bond acceptors (Lipinski definition) is 4. The number of carbonyl (C=O) groups excluding carboxylic acids is 2. The molecule has 2 saturated heterocycles. The van der Waals surface area contributed by atoms with Crippen molar-refractivity contribution in [3.63, 3.8) is 0 Å². The summed E-state index contributed by atoms with van der Waals surface area (Å²) >= 11 is -3.81. The van der Waals surface area contributed by atoms with Crippen LogP contribution in [0.1, 0.15) is 6.42 Å². The molecule has 2 heterocycles. The number of esters is 1. The predicted octanol–water partition coefficient (Wildman–Crippen LogP) is 3.47. The van der Waals surface area contributed by atoms with Crippen LogP contribution in [-0.4, -0.2) is 61.0 Å². The predicted molar refractivity (Wildman–Crippen MR) is 159 cm³/mol. The summed E-state index contributed by atoms with van der Waals surface area (Å²) in [6.45, 7) is 0.491. The Hall–Kier alpha value is -3.84. The van der Waals surface area contributed by atoms with Crippen LogP contribution in [0.2, 0.25) is 0 Å². The number of methoxy groups -OCH3 is 1. The van der Waals surface area contributed by atoms with Gasteiger partial charge >= 0.3 is 240 Å². The van der Waals surface area contributed by atoms with Gasteiger partial charge < -0.3 is 0 Å². The fraction of sp³-hybridized carbons (Fsp3) is 0.176. The Labute approximate surface area is 238 Å². The molecule has 2 aliphatic heterocycles. The molecule has 0 bridgehead atoms. The second-order valence-electron chi connectivity index (χ2n) is 10.3. The molecule has 6 heteroatoms. The third kappa shape index (κ3) is 4.72. The van der Waals surface area contributed by atoms with E-state index in [9.17, 15) is 9.59 Å². The minimum absolute atomic E-state index is 0.0351. The molecular formula is C34H31NO4Sn. The molecule has 200 valence electrons. The average Bonchev–Trinajstić information content (AvgIpc) is 3.33. The van der Waals surface area contributed by atoms with Crippen LogP contribution in [-0.2, 0) is 14.3 Å². The summed E-state index contributed by atoms with van der Waals surface area (Å²) in [6, 6.07) is 41.4. The van der Waals surface area contributed by atoms with Crippen LogP contribution >= 0.6 is 0 Å². The maximum atomic E-state index is 13.3. The third-order valence-corrected chi connectivity index (χ3v) is 21.1. The van der Waals surface area contributed by atoms with E-state index in [1.165, 1.54) is 17.8 Å². The van der Waals surface area contributed by atoms with Crippen LogP contribution in [0.25, 0.3) is 0 Å². The van der Waals surface area contributed by atoms with Crippen LogP contribution in [0.5, 0.6) is 5.75 Å². The van der Waals surface area contributed by atoms with E-state index in [4.69, 9.17) is 9.47 Å². The third-order valence-electron chi connectivity index (χ3n) is 8.15. The molecule has 6 rings (SSSR count). The van der Waals surface area contributed by atoms with Crippen molar-refractivity contribution in [1.29, 1.82) is 0 Å². The first-order chi connectivity index (χ1) is 19.6. The van der Waals surface area contributed by atoms with Gasteiger partial charge in [0.2, 0.25) is 0 Å². The van der Waals surface area contributed by atoms with Crippen molar-refractivity contribution in [2.75, 3.05) is 13.7 Å². The van der Waals surface area contributed by atoms with Gasteiger partial charge in [-0.3, -0.25) is 0 Å². The van der Waals surface area contributed by atoms with Gasteiger partial charge in [0.05, 0.1) is 0 Å². The van der Waals surface area contributed by atoms with Gasteiger partial charge in [-0.25, -0.2) is 0 Å². The van der Waals surface area contributed by atoms with Crippen molar-refractivity contribution in [1.82, 2.24) is 4.90 Å². The number of benzene rings is 4. The van der Waals surface area contributed by atoms with Gasteiger partial charge in [-0.05, 0) is 0 Å². The van der Waals surface area contributed by atoms with E-state index in [0.29, 0.717) is 12.3 Å². The molecular weight excluding hydrogens is 605 g/mol. The molecule has 0 aromatic heterocycles. The minimum atomic E-state index is -3.81. The van der Waals surface area contributed by atoms with E-state index < -0.39 is 24.5 Å². The number of β-lactam (4-membered cyclic amide) rings is 1. The van der Waals surface area contributed by atoms with Crippen molar-refractivity contribution in [3.05, 3.63) is 131 Å². The number of ether oxygens (including phenoxy) is 2. The summed E-state index contributed by atoms with van der Waals surface area (Å²) in [5.74, 6) is 0.148. The van der Waals surface area contributed by atoms with Gasteiger partial charge in [-0.2, -0.15) is 0 Å². The van der Waals surface area contributed by atoms with E-state index in [1.54, 1.807) is 0 Å². The number of carbonyl (C=O) groups is 2. The van der Waals surface area contributed by atoms with E-state index >= 15 is 0 Å². The topological polar surface area (TPSA) is 55.8 Å². The molecule has 0 saturated carbocycles. The van der Waals surface area contributed by atoms with Crippen LogP contribution in [0.3, 0.4) is 0 Å². The summed E-state index contributed by atoms with van der Waals surface area (Å²) < 4.78 is 17.8. The zero-order chi connectivity index (χ0) is 27.5.